The van der Waals surface area contributed by atoms with Gasteiger partial charge in [0.05, 0.1) is 12.4 Å². The number of rotatable bonds is 2. The van der Waals surface area contributed by atoms with E-state index in [1.807, 2.05) is 13.8 Å². The first-order chi connectivity index (χ1) is 10.9. The Hall–Kier alpha value is -1.37. The molecule has 0 amide bonds. The van der Waals surface area contributed by atoms with E-state index in [9.17, 15) is 4.39 Å². The van der Waals surface area contributed by atoms with E-state index in [1.54, 1.807) is 11.1 Å². The highest BCUT2D eigenvalue weighted by molar-refractivity contribution is 5.73. The lowest BCUT2D eigenvalue weighted by molar-refractivity contribution is 0.258. The smallest absolute Gasteiger partial charge is 0.147 e. The third kappa shape index (κ3) is 2.58. The molecule has 1 aliphatic carbocycles. The van der Waals surface area contributed by atoms with Gasteiger partial charge in [-0.1, -0.05) is 0 Å². The van der Waals surface area contributed by atoms with Gasteiger partial charge in [-0.15, -0.1) is 0 Å². The Balaban J connectivity index is 1.78. The number of anilines is 2. The molecule has 1 saturated heterocycles. The van der Waals surface area contributed by atoms with Gasteiger partial charge in [-0.25, -0.2) is 9.40 Å². The Kier molecular flexibility index (Phi) is 3.34. The summed E-state index contributed by atoms with van der Waals surface area (Å²) < 4.78 is 14.9. The van der Waals surface area contributed by atoms with E-state index >= 15 is 0 Å². The van der Waals surface area contributed by atoms with Gasteiger partial charge in [0, 0.05) is 36.9 Å². The highest BCUT2D eigenvalue weighted by Crippen LogP contribution is 2.43. The Morgan fingerprint density at radius 3 is 2.65 bits per heavy atom. The molecule has 1 unspecified atom stereocenters. The highest BCUT2D eigenvalue weighted by atomic mass is 19.1. The SMILES string of the molecule is Cc1c(N2CCC(C)(N)C2)c(F)cc2c1N(C1CC1)CN(N)C2. The number of hydrazine groups is 1. The van der Waals surface area contributed by atoms with Crippen molar-refractivity contribution >= 4 is 11.4 Å². The molecule has 126 valence electrons. The lowest BCUT2D eigenvalue weighted by Gasteiger charge is -2.39. The van der Waals surface area contributed by atoms with E-state index < -0.39 is 0 Å². The maximum Gasteiger partial charge on any atom is 0.147 e. The quantitative estimate of drug-likeness (QED) is 0.812. The predicted octanol–water partition coefficient (Wildman–Crippen LogP) is 1.68. The lowest BCUT2D eigenvalue weighted by Crippen LogP contribution is -2.47. The van der Waals surface area contributed by atoms with E-state index in [1.165, 1.54) is 18.5 Å². The molecule has 4 N–H and O–H groups in total. The summed E-state index contributed by atoms with van der Waals surface area (Å²) in [4.78, 5) is 4.47. The topological polar surface area (TPSA) is 61.8 Å². The molecule has 2 fully saturated rings. The molecule has 0 spiro atoms. The largest absolute Gasteiger partial charge is 0.367 e. The number of halogens is 1. The van der Waals surface area contributed by atoms with Crippen LogP contribution in [0.25, 0.3) is 0 Å². The Bertz CT molecular complexity index is 640. The zero-order valence-corrected chi connectivity index (χ0v) is 14.0. The Morgan fingerprint density at radius 2 is 2.04 bits per heavy atom. The summed E-state index contributed by atoms with van der Waals surface area (Å²) >= 11 is 0. The van der Waals surface area contributed by atoms with Crippen LogP contribution in [0.4, 0.5) is 15.8 Å². The fourth-order valence-corrected chi connectivity index (χ4v) is 4.13. The van der Waals surface area contributed by atoms with Crippen molar-refractivity contribution in [1.29, 1.82) is 0 Å². The Labute approximate surface area is 137 Å². The molecule has 3 aliphatic rings. The van der Waals surface area contributed by atoms with Crippen molar-refractivity contribution in [2.75, 3.05) is 29.6 Å². The molecule has 4 rings (SSSR count). The molecule has 6 heteroatoms. The fraction of sp³-hybridized carbons (Fsp3) is 0.647. The molecule has 1 aromatic carbocycles. The summed E-state index contributed by atoms with van der Waals surface area (Å²) in [7, 11) is 0. The number of benzene rings is 1. The summed E-state index contributed by atoms with van der Waals surface area (Å²) in [6.45, 7) is 6.93. The summed E-state index contributed by atoms with van der Waals surface area (Å²) in [6.07, 6.45) is 3.29. The minimum Gasteiger partial charge on any atom is -0.367 e. The van der Waals surface area contributed by atoms with E-state index in [0.29, 0.717) is 19.1 Å². The minimum atomic E-state index is -0.237. The zero-order chi connectivity index (χ0) is 16.4. The first kappa shape index (κ1) is 15.2. The zero-order valence-electron chi connectivity index (χ0n) is 14.0. The molecule has 1 saturated carbocycles. The second kappa shape index (κ2) is 5.06. The van der Waals surface area contributed by atoms with Gasteiger partial charge < -0.3 is 15.5 Å². The second-order valence-electron chi connectivity index (χ2n) is 7.75. The van der Waals surface area contributed by atoms with E-state index in [2.05, 4.69) is 9.80 Å². The summed E-state index contributed by atoms with van der Waals surface area (Å²) in [5.41, 5.74) is 9.97. The number of hydrogen-bond acceptors (Lipinski definition) is 5. The van der Waals surface area contributed by atoms with E-state index in [-0.39, 0.29) is 11.4 Å². The number of hydrogen-bond donors (Lipinski definition) is 2. The Morgan fingerprint density at radius 1 is 1.30 bits per heavy atom. The van der Waals surface area contributed by atoms with Crippen LogP contribution >= 0.6 is 0 Å². The van der Waals surface area contributed by atoms with Crippen LogP contribution in [0.3, 0.4) is 0 Å². The maximum atomic E-state index is 14.9. The average molecular weight is 319 g/mol. The van der Waals surface area contributed by atoms with Crippen LogP contribution in [0, 0.1) is 12.7 Å². The second-order valence-corrected chi connectivity index (χ2v) is 7.75. The van der Waals surface area contributed by atoms with Crippen molar-refractivity contribution in [2.45, 2.75) is 51.2 Å². The van der Waals surface area contributed by atoms with E-state index in [0.717, 1.165) is 36.4 Å². The fourth-order valence-electron chi connectivity index (χ4n) is 4.13. The monoisotopic (exact) mass is 319 g/mol. The van der Waals surface area contributed by atoms with Crippen LogP contribution in [-0.4, -0.2) is 36.3 Å². The van der Waals surface area contributed by atoms with Crippen LogP contribution < -0.4 is 21.4 Å². The van der Waals surface area contributed by atoms with Gasteiger partial charge in [-0.05, 0) is 50.3 Å². The van der Waals surface area contributed by atoms with Crippen LogP contribution in [0.2, 0.25) is 0 Å². The first-order valence-electron chi connectivity index (χ1n) is 8.48. The van der Waals surface area contributed by atoms with Crippen molar-refractivity contribution in [1.82, 2.24) is 5.01 Å². The molecule has 23 heavy (non-hydrogen) atoms. The summed E-state index contributed by atoms with van der Waals surface area (Å²) in [6, 6.07) is 2.23. The van der Waals surface area contributed by atoms with Crippen LogP contribution in [0.1, 0.15) is 37.3 Å². The van der Waals surface area contributed by atoms with Crippen molar-refractivity contribution in [3.63, 3.8) is 0 Å². The molecule has 2 heterocycles. The molecule has 0 aromatic heterocycles. The van der Waals surface area contributed by atoms with Gasteiger partial charge in [0.2, 0.25) is 0 Å². The van der Waals surface area contributed by atoms with Gasteiger partial charge in [-0.2, -0.15) is 0 Å². The van der Waals surface area contributed by atoms with Gasteiger partial charge in [0.25, 0.3) is 0 Å². The molecule has 1 atom stereocenters. The third-order valence-corrected chi connectivity index (χ3v) is 5.35. The molecular formula is C17H26FN5. The molecular weight excluding hydrogens is 293 g/mol. The van der Waals surface area contributed by atoms with Crippen molar-refractivity contribution in [3.05, 3.63) is 23.0 Å². The number of fused-ring (bicyclic) bond motifs is 1. The van der Waals surface area contributed by atoms with Crippen molar-refractivity contribution in [3.8, 4) is 0 Å². The molecule has 5 nitrogen and oxygen atoms in total. The summed E-state index contributed by atoms with van der Waals surface area (Å²) in [5, 5.41) is 1.77. The van der Waals surface area contributed by atoms with E-state index in [4.69, 9.17) is 11.6 Å². The number of nitrogens with two attached hydrogens (primary N) is 2. The van der Waals surface area contributed by atoms with Gasteiger partial charge >= 0.3 is 0 Å². The lowest BCUT2D eigenvalue weighted by atomic mass is 10.0. The van der Waals surface area contributed by atoms with Crippen LogP contribution in [0.15, 0.2) is 6.07 Å². The average Bonchev–Trinajstić information content (AvgIpc) is 3.22. The molecule has 2 aliphatic heterocycles. The standard InChI is InChI=1S/C17H26FN5/c1-11-15-12(8-22(20)10-23(15)13-3-4-13)7-14(18)16(11)21-6-5-17(2,19)9-21/h7,13H,3-6,8-10,19-20H2,1-2H3. The normalized spacial score (nSPS) is 28.4. The highest BCUT2D eigenvalue weighted by Gasteiger charge is 2.38. The minimum absolute atomic E-state index is 0.148. The van der Waals surface area contributed by atoms with Gasteiger partial charge in [0.1, 0.15) is 5.82 Å². The maximum absolute atomic E-state index is 14.9. The van der Waals surface area contributed by atoms with Crippen LogP contribution in [0.5, 0.6) is 0 Å². The van der Waals surface area contributed by atoms with Crippen molar-refractivity contribution in [2.24, 2.45) is 11.6 Å². The van der Waals surface area contributed by atoms with Crippen molar-refractivity contribution < 1.29 is 4.39 Å². The third-order valence-electron chi connectivity index (χ3n) is 5.35. The first-order valence-corrected chi connectivity index (χ1v) is 8.48. The number of nitrogens with zero attached hydrogens (tertiary/aromatic N) is 3. The van der Waals surface area contributed by atoms with Gasteiger partial charge in [-0.3, -0.25) is 5.84 Å². The van der Waals surface area contributed by atoms with Gasteiger partial charge in [0.15, 0.2) is 0 Å². The molecule has 0 radical (unpaired) electrons. The summed E-state index contributed by atoms with van der Waals surface area (Å²) in [5.74, 6) is 5.90. The van der Waals surface area contributed by atoms with Crippen LogP contribution in [-0.2, 0) is 6.54 Å². The molecule has 0 bridgehead atoms. The molecule has 1 aromatic rings. The predicted molar refractivity (Wildman–Crippen MR) is 90.7 cm³/mol.